The molecule has 1 atom stereocenters. The number of hydrogen-bond acceptors (Lipinski definition) is 3. The molecule has 3 nitrogen and oxygen atoms in total. The summed E-state index contributed by atoms with van der Waals surface area (Å²) in [6, 6.07) is 0. The van der Waals surface area contributed by atoms with Crippen LogP contribution in [0.2, 0.25) is 0 Å². The van der Waals surface area contributed by atoms with Gasteiger partial charge in [0, 0.05) is 31.4 Å². The van der Waals surface area contributed by atoms with Crippen molar-refractivity contribution in [3.05, 3.63) is 0 Å². The standard InChI is InChI=1S/C13H25NO2S/c1-4-13(10-15)5-7-14(8-6-13)12(16)11(2)9-17-3/h11,15H,4-10H2,1-3H3. The van der Waals surface area contributed by atoms with E-state index >= 15 is 0 Å². The van der Waals surface area contributed by atoms with Crippen molar-refractivity contribution < 1.29 is 9.90 Å². The molecule has 0 aromatic carbocycles. The fourth-order valence-electron chi connectivity index (χ4n) is 2.46. The van der Waals surface area contributed by atoms with E-state index in [0.717, 1.165) is 38.1 Å². The van der Waals surface area contributed by atoms with E-state index in [2.05, 4.69) is 6.92 Å². The molecule has 4 heteroatoms. The number of rotatable bonds is 5. The molecule has 0 radical (unpaired) electrons. The summed E-state index contributed by atoms with van der Waals surface area (Å²) < 4.78 is 0. The molecular weight excluding hydrogens is 234 g/mol. The molecule has 1 N–H and O–H groups in total. The number of hydrogen-bond donors (Lipinski definition) is 1. The highest BCUT2D eigenvalue weighted by molar-refractivity contribution is 7.98. The van der Waals surface area contributed by atoms with Crippen LogP contribution in [0.3, 0.4) is 0 Å². The summed E-state index contributed by atoms with van der Waals surface area (Å²) in [5.74, 6) is 1.30. The molecule has 1 aliphatic rings. The van der Waals surface area contributed by atoms with Gasteiger partial charge in [0.1, 0.15) is 0 Å². The molecule has 1 unspecified atom stereocenters. The Balaban J connectivity index is 2.48. The monoisotopic (exact) mass is 259 g/mol. The van der Waals surface area contributed by atoms with Crippen LogP contribution < -0.4 is 0 Å². The van der Waals surface area contributed by atoms with Gasteiger partial charge in [0.25, 0.3) is 0 Å². The van der Waals surface area contributed by atoms with Crippen molar-refractivity contribution in [2.45, 2.75) is 33.1 Å². The van der Waals surface area contributed by atoms with Crippen molar-refractivity contribution in [3.8, 4) is 0 Å². The van der Waals surface area contributed by atoms with Crippen molar-refractivity contribution in [2.24, 2.45) is 11.3 Å². The van der Waals surface area contributed by atoms with Crippen molar-refractivity contribution in [1.82, 2.24) is 4.90 Å². The minimum Gasteiger partial charge on any atom is -0.396 e. The molecule has 1 rings (SSSR count). The third kappa shape index (κ3) is 3.62. The number of thioether (sulfide) groups is 1. The molecule has 0 aliphatic carbocycles. The number of amides is 1. The Labute approximate surface area is 109 Å². The van der Waals surface area contributed by atoms with Crippen LogP contribution in [0.5, 0.6) is 0 Å². The lowest BCUT2D eigenvalue weighted by Crippen LogP contribution is -2.46. The second kappa shape index (κ2) is 6.64. The minimum absolute atomic E-state index is 0.0690. The van der Waals surface area contributed by atoms with Gasteiger partial charge in [0.05, 0.1) is 0 Å². The maximum absolute atomic E-state index is 12.1. The Morgan fingerprint density at radius 3 is 2.47 bits per heavy atom. The number of piperidine rings is 1. The quantitative estimate of drug-likeness (QED) is 0.821. The molecule has 0 bridgehead atoms. The Kier molecular flexibility index (Phi) is 5.80. The molecule has 1 saturated heterocycles. The Morgan fingerprint density at radius 2 is 2.06 bits per heavy atom. The summed E-state index contributed by atoms with van der Waals surface area (Å²) in [6.45, 7) is 6.01. The summed E-state index contributed by atoms with van der Waals surface area (Å²) in [7, 11) is 0. The predicted octanol–water partition coefficient (Wildman–Crippen LogP) is 2.00. The Bertz CT molecular complexity index is 244. The normalized spacial score (nSPS) is 21.3. The summed E-state index contributed by atoms with van der Waals surface area (Å²) in [5.41, 5.74) is 0.0690. The topological polar surface area (TPSA) is 40.5 Å². The van der Waals surface area contributed by atoms with Crippen molar-refractivity contribution in [3.63, 3.8) is 0 Å². The van der Waals surface area contributed by atoms with Crippen LogP contribution >= 0.6 is 11.8 Å². The molecule has 1 fully saturated rings. The lowest BCUT2D eigenvalue weighted by atomic mass is 9.77. The van der Waals surface area contributed by atoms with E-state index in [0.29, 0.717) is 0 Å². The van der Waals surface area contributed by atoms with Crippen molar-refractivity contribution in [2.75, 3.05) is 31.7 Å². The number of aliphatic hydroxyl groups is 1. The van der Waals surface area contributed by atoms with E-state index < -0.39 is 0 Å². The van der Waals surface area contributed by atoms with E-state index in [4.69, 9.17) is 0 Å². The number of carbonyl (C=O) groups excluding carboxylic acids is 1. The molecule has 0 spiro atoms. The lowest BCUT2D eigenvalue weighted by Gasteiger charge is -2.41. The lowest BCUT2D eigenvalue weighted by molar-refractivity contribution is -0.137. The Hall–Kier alpha value is -0.220. The average molecular weight is 259 g/mol. The maximum atomic E-state index is 12.1. The second-order valence-electron chi connectivity index (χ2n) is 5.19. The van der Waals surface area contributed by atoms with E-state index in [-0.39, 0.29) is 23.8 Å². The molecule has 1 aliphatic heterocycles. The van der Waals surface area contributed by atoms with Gasteiger partial charge < -0.3 is 10.0 Å². The number of aliphatic hydroxyl groups excluding tert-OH is 1. The molecule has 1 heterocycles. The van der Waals surface area contributed by atoms with Crippen LogP contribution in [0.1, 0.15) is 33.1 Å². The molecule has 100 valence electrons. The zero-order valence-electron chi connectivity index (χ0n) is 11.2. The third-order valence-corrected chi connectivity index (χ3v) is 4.89. The second-order valence-corrected chi connectivity index (χ2v) is 6.10. The molecule has 1 amide bonds. The Morgan fingerprint density at radius 1 is 1.47 bits per heavy atom. The molecule has 0 aromatic heterocycles. The highest BCUT2D eigenvalue weighted by Gasteiger charge is 2.34. The number of nitrogens with zero attached hydrogens (tertiary/aromatic N) is 1. The summed E-state index contributed by atoms with van der Waals surface area (Å²) in [6.07, 6.45) is 4.93. The summed E-state index contributed by atoms with van der Waals surface area (Å²) in [5, 5.41) is 9.45. The summed E-state index contributed by atoms with van der Waals surface area (Å²) >= 11 is 1.72. The maximum Gasteiger partial charge on any atom is 0.226 e. The number of likely N-dealkylation sites (tertiary alicyclic amines) is 1. The van der Waals surface area contributed by atoms with Crippen LogP contribution in [0, 0.1) is 11.3 Å². The van der Waals surface area contributed by atoms with Crippen LogP contribution in [0.15, 0.2) is 0 Å². The van der Waals surface area contributed by atoms with E-state index in [1.54, 1.807) is 11.8 Å². The molecule has 0 saturated carbocycles. The smallest absolute Gasteiger partial charge is 0.226 e. The highest BCUT2D eigenvalue weighted by Crippen LogP contribution is 2.34. The molecular formula is C13H25NO2S. The van der Waals surface area contributed by atoms with Gasteiger partial charge in [-0.05, 0) is 30.9 Å². The van der Waals surface area contributed by atoms with Gasteiger partial charge in [-0.25, -0.2) is 0 Å². The largest absolute Gasteiger partial charge is 0.396 e. The third-order valence-electron chi connectivity index (χ3n) is 4.06. The molecule has 0 aromatic rings. The van der Waals surface area contributed by atoms with Gasteiger partial charge in [-0.3, -0.25) is 4.79 Å². The first-order valence-electron chi connectivity index (χ1n) is 6.47. The summed E-state index contributed by atoms with van der Waals surface area (Å²) in [4.78, 5) is 14.1. The predicted molar refractivity (Wildman–Crippen MR) is 73.2 cm³/mol. The van der Waals surface area contributed by atoms with Gasteiger partial charge in [-0.1, -0.05) is 13.8 Å². The van der Waals surface area contributed by atoms with Crippen LogP contribution in [0.25, 0.3) is 0 Å². The highest BCUT2D eigenvalue weighted by atomic mass is 32.2. The van der Waals surface area contributed by atoms with Gasteiger partial charge >= 0.3 is 0 Å². The van der Waals surface area contributed by atoms with Crippen LogP contribution in [0.4, 0.5) is 0 Å². The van der Waals surface area contributed by atoms with E-state index in [9.17, 15) is 9.90 Å². The SMILES string of the molecule is CCC1(CO)CCN(C(=O)C(C)CSC)CC1. The first-order chi connectivity index (χ1) is 8.08. The van der Waals surface area contributed by atoms with Crippen molar-refractivity contribution in [1.29, 1.82) is 0 Å². The average Bonchev–Trinajstić information content (AvgIpc) is 2.38. The minimum atomic E-state index is 0.0690. The van der Waals surface area contributed by atoms with Gasteiger partial charge in [-0.15, -0.1) is 0 Å². The van der Waals surface area contributed by atoms with Crippen molar-refractivity contribution >= 4 is 17.7 Å². The van der Waals surface area contributed by atoms with Gasteiger partial charge in [-0.2, -0.15) is 11.8 Å². The number of carbonyl (C=O) groups is 1. The fourth-order valence-corrected chi connectivity index (χ4v) is 3.10. The van der Waals surface area contributed by atoms with Gasteiger partial charge in [0.2, 0.25) is 5.91 Å². The molecule has 17 heavy (non-hydrogen) atoms. The first kappa shape index (κ1) is 14.8. The fraction of sp³-hybridized carbons (Fsp3) is 0.923. The first-order valence-corrected chi connectivity index (χ1v) is 7.86. The van der Waals surface area contributed by atoms with E-state index in [1.807, 2.05) is 18.1 Å². The van der Waals surface area contributed by atoms with E-state index in [1.165, 1.54) is 0 Å². The zero-order valence-corrected chi connectivity index (χ0v) is 12.1. The van der Waals surface area contributed by atoms with Crippen LogP contribution in [-0.2, 0) is 4.79 Å². The van der Waals surface area contributed by atoms with Crippen LogP contribution in [-0.4, -0.2) is 47.6 Å². The van der Waals surface area contributed by atoms with Gasteiger partial charge in [0.15, 0.2) is 0 Å². The zero-order chi connectivity index (χ0) is 12.9.